The van der Waals surface area contributed by atoms with Crippen molar-refractivity contribution in [2.45, 2.75) is 0 Å². The number of hydrogen-bond donors (Lipinski definition) is 1. The van der Waals surface area contributed by atoms with Gasteiger partial charge in [-0.05, 0) is 18.2 Å². The predicted molar refractivity (Wildman–Crippen MR) is 65.2 cm³/mol. The third-order valence-electron chi connectivity index (χ3n) is 2.75. The standard InChI is InChI=1S/C13H9NO5/c1-17-10-5-8(4-7-2-3-18-12(7)10)9-6-11(13(15)16)19-14-9/h2-6H,1H3,(H,15,16). The zero-order valence-corrected chi connectivity index (χ0v) is 9.91. The van der Waals surface area contributed by atoms with Crippen molar-refractivity contribution < 1.29 is 23.6 Å². The van der Waals surface area contributed by atoms with Crippen LogP contribution in [-0.2, 0) is 0 Å². The minimum Gasteiger partial charge on any atom is -0.493 e. The Labute approximate surface area is 107 Å². The molecule has 0 aliphatic carbocycles. The fourth-order valence-corrected chi connectivity index (χ4v) is 1.86. The molecule has 2 heterocycles. The van der Waals surface area contributed by atoms with Crippen molar-refractivity contribution in [1.82, 2.24) is 5.16 Å². The first kappa shape index (κ1) is 11.3. The molecule has 3 aromatic rings. The van der Waals surface area contributed by atoms with Crippen molar-refractivity contribution in [1.29, 1.82) is 0 Å². The maximum atomic E-state index is 10.8. The highest BCUT2D eigenvalue weighted by atomic mass is 16.5. The summed E-state index contributed by atoms with van der Waals surface area (Å²) in [6, 6.07) is 6.70. The normalized spacial score (nSPS) is 10.8. The number of nitrogens with zero attached hydrogens (tertiary/aromatic N) is 1. The molecule has 0 amide bonds. The van der Waals surface area contributed by atoms with Gasteiger partial charge in [0.25, 0.3) is 0 Å². The molecule has 0 aliphatic rings. The van der Waals surface area contributed by atoms with Gasteiger partial charge in [0.15, 0.2) is 11.3 Å². The zero-order chi connectivity index (χ0) is 13.4. The van der Waals surface area contributed by atoms with Crippen molar-refractivity contribution in [3.63, 3.8) is 0 Å². The van der Waals surface area contributed by atoms with Gasteiger partial charge in [-0.2, -0.15) is 0 Å². The minimum atomic E-state index is -1.16. The summed E-state index contributed by atoms with van der Waals surface area (Å²) in [7, 11) is 1.53. The van der Waals surface area contributed by atoms with Gasteiger partial charge in [-0.15, -0.1) is 0 Å². The fourth-order valence-electron chi connectivity index (χ4n) is 1.86. The van der Waals surface area contributed by atoms with Crippen LogP contribution in [0.15, 0.2) is 39.5 Å². The first-order valence-corrected chi connectivity index (χ1v) is 5.44. The summed E-state index contributed by atoms with van der Waals surface area (Å²) in [5.74, 6) is -0.811. The number of aromatic carboxylic acids is 1. The minimum absolute atomic E-state index is 0.207. The lowest BCUT2D eigenvalue weighted by Gasteiger charge is -2.03. The van der Waals surface area contributed by atoms with Gasteiger partial charge >= 0.3 is 5.97 Å². The average molecular weight is 259 g/mol. The van der Waals surface area contributed by atoms with Crippen LogP contribution in [0.5, 0.6) is 5.75 Å². The van der Waals surface area contributed by atoms with Gasteiger partial charge in [-0.25, -0.2) is 4.79 Å². The number of carboxylic acids is 1. The molecule has 96 valence electrons. The van der Waals surface area contributed by atoms with Gasteiger partial charge in [0.1, 0.15) is 5.69 Å². The molecule has 3 rings (SSSR count). The number of methoxy groups -OCH3 is 1. The lowest BCUT2D eigenvalue weighted by molar-refractivity contribution is 0.0652. The summed E-state index contributed by atoms with van der Waals surface area (Å²) in [6.45, 7) is 0. The molecule has 0 fully saturated rings. The van der Waals surface area contributed by atoms with E-state index in [-0.39, 0.29) is 5.76 Å². The summed E-state index contributed by atoms with van der Waals surface area (Å²) in [6.07, 6.45) is 1.56. The van der Waals surface area contributed by atoms with Crippen LogP contribution in [0.25, 0.3) is 22.2 Å². The number of carboxylic acid groups (broad SMARTS) is 1. The van der Waals surface area contributed by atoms with E-state index < -0.39 is 5.97 Å². The van der Waals surface area contributed by atoms with Crippen molar-refractivity contribution >= 4 is 16.9 Å². The molecule has 0 saturated heterocycles. The topological polar surface area (TPSA) is 85.7 Å². The van der Waals surface area contributed by atoms with Gasteiger partial charge < -0.3 is 18.8 Å². The number of rotatable bonds is 3. The number of fused-ring (bicyclic) bond motifs is 1. The summed E-state index contributed by atoms with van der Waals surface area (Å²) in [4.78, 5) is 10.8. The van der Waals surface area contributed by atoms with Crippen molar-refractivity contribution in [2.75, 3.05) is 7.11 Å². The summed E-state index contributed by atoms with van der Waals surface area (Å²) >= 11 is 0. The second-order valence-corrected chi connectivity index (χ2v) is 3.90. The van der Waals surface area contributed by atoms with Crippen LogP contribution in [-0.4, -0.2) is 23.3 Å². The van der Waals surface area contributed by atoms with Gasteiger partial charge in [-0.3, -0.25) is 0 Å². The third-order valence-corrected chi connectivity index (χ3v) is 2.75. The van der Waals surface area contributed by atoms with Crippen molar-refractivity contribution in [2.24, 2.45) is 0 Å². The molecule has 0 bridgehead atoms. The summed E-state index contributed by atoms with van der Waals surface area (Å²) < 4.78 is 15.3. The van der Waals surface area contributed by atoms with Gasteiger partial charge in [-0.1, -0.05) is 5.16 Å². The van der Waals surface area contributed by atoms with Crippen molar-refractivity contribution in [3.05, 3.63) is 36.3 Å². The number of ether oxygens (including phenoxy) is 1. The van der Waals surface area contributed by atoms with Crippen LogP contribution < -0.4 is 4.74 Å². The molecule has 6 heteroatoms. The third kappa shape index (κ3) is 1.83. The zero-order valence-electron chi connectivity index (χ0n) is 9.91. The van der Waals surface area contributed by atoms with Crippen LogP contribution in [0, 0.1) is 0 Å². The average Bonchev–Trinajstić information content (AvgIpc) is 3.05. The highest BCUT2D eigenvalue weighted by Crippen LogP contribution is 2.32. The van der Waals surface area contributed by atoms with Crippen LogP contribution in [0.4, 0.5) is 0 Å². The first-order chi connectivity index (χ1) is 9.19. The maximum absolute atomic E-state index is 10.8. The van der Waals surface area contributed by atoms with E-state index in [9.17, 15) is 4.79 Å². The number of hydrogen-bond acceptors (Lipinski definition) is 5. The Balaban J connectivity index is 2.15. The number of furan rings is 1. The number of benzene rings is 1. The Morgan fingerprint density at radius 1 is 1.37 bits per heavy atom. The highest BCUT2D eigenvalue weighted by molar-refractivity contribution is 5.90. The molecule has 0 saturated carbocycles. The van der Waals surface area contributed by atoms with Gasteiger partial charge in [0.05, 0.1) is 13.4 Å². The van der Waals surface area contributed by atoms with E-state index in [1.807, 2.05) is 6.07 Å². The molecule has 0 radical (unpaired) electrons. The Bertz CT molecular complexity index is 755. The summed E-state index contributed by atoms with van der Waals surface area (Å²) in [5, 5.41) is 13.4. The molecular weight excluding hydrogens is 250 g/mol. The van der Waals surface area contributed by atoms with Crippen LogP contribution in [0.3, 0.4) is 0 Å². The van der Waals surface area contributed by atoms with E-state index in [0.29, 0.717) is 22.6 Å². The second-order valence-electron chi connectivity index (χ2n) is 3.90. The second kappa shape index (κ2) is 4.16. The van der Waals surface area contributed by atoms with Gasteiger partial charge in [0, 0.05) is 17.0 Å². The molecule has 6 nitrogen and oxygen atoms in total. The molecule has 19 heavy (non-hydrogen) atoms. The molecule has 0 spiro atoms. The van der Waals surface area contributed by atoms with E-state index >= 15 is 0 Å². The van der Waals surface area contributed by atoms with E-state index in [1.165, 1.54) is 13.2 Å². The van der Waals surface area contributed by atoms with E-state index in [1.54, 1.807) is 18.4 Å². The van der Waals surface area contributed by atoms with Crippen LogP contribution >= 0.6 is 0 Å². The first-order valence-electron chi connectivity index (χ1n) is 5.44. The quantitative estimate of drug-likeness (QED) is 0.778. The molecule has 1 N–H and O–H groups in total. The van der Waals surface area contributed by atoms with Gasteiger partial charge in [0.2, 0.25) is 5.76 Å². The lowest BCUT2D eigenvalue weighted by atomic mass is 10.1. The Hall–Kier alpha value is -2.76. The highest BCUT2D eigenvalue weighted by Gasteiger charge is 2.15. The van der Waals surface area contributed by atoms with Crippen LogP contribution in [0.1, 0.15) is 10.6 Å². The smallest absolute Gasteiger partial charge is 0.374 e. The number of aromatic nitrogens is 1. The Morgan fingerprint density at radius 3 is 2.89 bits per heavy atom. The largest absolute Gasteiger partial charge is 0.493 e. The molecule has 1 aromatic carbocycles. The molecule has 0 unspecified atom stereocenters. The van der Waals surface area contributed by atoms with E-state index in [0.717, 1.165) is 5.39 Å². The maximum Gasteiger partial charge on any atom is 0.374 e. The Kier molecular flexibility index (Phi) is 2.49. The van der Waals surface area contributed by atoms with E-state index in [4.69, 9.17) is 18.8 Å². The molecule has 0 atom stereocenters. The summed E-state index contributed by atoms with van der Waals surface area (Å²) in [5.41, 5.74) is 1.76. The van der Waals surface area contributed by atoms with Crippen molar-refractivity contribution in [3.8, 4) is 17.0 Å². The molecular formula is C13H9NO5. The Morgan fingerprint density at radius 2 is 2.21 bits per heavy atom. The van der Waals surface area contributed by atoms with E-state index in [2.05, 4.69) is 5.16 Å². The number of carbonyl (C=O) groups is 1. The fraction of sp³-hybridized carbons (Fsp3) is 0.0769. The monoisotopic (exact) mass is 259 g/mol. The molecule has 0 aliphatic heterocycles. The van der Waals surface area contributed by atoms with Crippen LogP contribution in [0.2, 0.25) is 0 Å². The SMILES string of the molecule is COc1cc(-c2cc(C(=O)O)on2)cc2ccoc12. The molecule has 2 aromatic heterocycles. The predicted octanol–water partition coefficient (Wildman–Crippen LogP) is 2.79. The lowest BCUT2D eigenvalue weighted by Crippen LogP contribution is -1.91.